The van der Waals surface area contributed by atoms with E-state index in [1.165, 1.54) is 16.3 Å². The highest BCUT2D eigenvalue weighted by atomic mass is 32.2. The van der Waals surface area contributed by atoms with Crippen LogP contribution in [-0.2, 0) is 14.8 Å². The maximum absolute atomic E-state index is 12.7. The standard InChI is InChI=1S/C24H34N4O3S2/c1-18-6-5-13-24(3,4)22(18)12-7-19(2)26-27-23(32)25-20-8-10-21(11-9-20)33(29,30)28-14-16-31-17-15-28/h6-12,22H,5,13-17H2,1-4H3,(H2,25,27,32)/b12-7+,26-19-. The van der Waals surface area contributed by atoms with E-state index in [0.29, 0.717) is 43.0 Å². The number of hydrogen-bond donors (Lipinski definition) is 2. The summed E-state index contributed by atoms with van der Waals surface area (Å²) in [6, 6.07) is 6.54. The first-order valence-electron chi connectivity index (χ1n) is 11.2. The minimum atomic E-state index is -3.51. The predicted molar refractivity (Wildman–Crippen MR) is 138 cm³/mol. The largest absolute Gasteiger partial charge is 0.379 e. The molecule has 0 spiro atoms. The van der Waals surface area contributed by atoms with Crippen molar-refractivity contribution >= 4 is 38.8 Å². The molecule has 0 saturated carbocycles. The minimum absolute atomic E-state index is 0.237. The molecule has 1 saturated heterocycles. The van der Waals surface area contributed by atoms with Crippen molar-refractivity contribution in [2.24, 2.45) is 16.4 Å². The molecule has 1 aliphatic heterocycles. The van der Waals surface area contributed by atoms with Crippen molar-refractivity contribution in [2.45, 2.75) is 45.4 Å². The molecule has 1 aromatic carbocycles. The molecule has 2 aliphatic rings. The molecule has 1 aromatic rings. The Morgan fingerprint density at radius 3 is 2.55 bits per heavy atom. The van der Waals surface area contributed by atoms with Gasteiger partial charge in [0.15, 0.2) is 5.11 Å². The van der Waals surface area contributed by atoms with Crippen LogP contribution >= 0.6 is 12.2 Å². The first-order chi connectivity index (χ1) is 15.6. The van der Waals surface area contributed by atoms with Gasteiger partial charge in [-0.3, -0.25) is 5.43 Å². The zero-order valence-corrected chi connectivity index (χ0v) is 21.4. The third-order valence-corrected chi connectivity index (χ3v) is 8.28. The fourth-order valence-corrected chi connectivity index (χ4v) is 5.77. The lowest BCUT2D eigenvalue weighted by Crippen LogP contribution is -2.40. The number of allylic oxidation sites excluding steroid dienone is 4. The van der Waals surface area contributed by atoms with E-state index in [1.54, 1.807) is 24.3 Å². The second kappa shape index (κ2) is 10.9. The molecule has 1 heterocycles. The molecule has 1 atom stereocenters. The Bertz CT molecular complexity index is 1040. The lowest BCUT2D eigenvalue weighted by atomic mass is 9.68. The van der Waals surface area contributed by atoms with Gasteiger partial charge in [-0.15, -0.1) is 0 Å². The molecule has 0 radical (unpaired) electrons. The molecule has 3 rings (SSSR count). The average molecular weight is 491 g/mol. The predicted octanol–water partition coefficient (Wildman–Crippen LogP) is 4.31. The lowest BCUT2D eigenvalue weighted by molar-refractivity contribution is 0.0730. The number of sulfonamides is 1. The van der Waals surface area contributed by atoms with Crippen LogP contribution < -0.4 is 10.7 Å². The highest BCUT2D eigenvalue weighted by molar-refractivity contribution is 7.89. The van der Waals surface area contributed by atoms with Gasteiger partial charge in [-0.1, -0.05) is 31.6 Å². The molecule has 7 nitrogen and oxygen atoms in total. The van der Waals surface area contributed by atoms with E-state index >= 15 is 0 Å². The first-order valence-corrected chi connectivity index (χ1v) is 13.1. The highest BCUT2D eigenvalue weighted by Gasteiger charge is 2.30. The van der Waals surface area contributed by atoms with Gasteiger partial charge in [0.05, 0.1) is 23.8 Å². The van der Waals surface area contributed by atoms with Crippen molar-refractivity contribution < 1.29 is 13.2 Å². The second-order valence-electron chi connectivity index (χ2n) is 9.17. The first kappa shape index (κ1) is 25.6. The zero-order valence-electron chi connectivity index (χ0n) is 19.8. The fraction of sp³-hybridized carbons (Fsp3) is 0.500. The van der Waals surface area contributed by atoms with E-state index in [0.717, 1.165) is 12.1 Å². The van der Waals surface area contributed by atoms with Crippen LogP contribution in [0.3, 0.4) is 0 Å². The summed E-state index contributed by atoms with van der Waals surface area (Å²) in [6.45, 7) is 10.3. The number of rotatable bonds is 6. The van der Waals surface area contributed by atoms with Gasteiger partial charge in [0.1, 0.15) is 0 Å². The van der Waals surface area contributed by atoms with Crippen LogP contribution in [0.25, 0.3) is 0 Å². The number of thiocarbonyl (C=S) groups is 1. The number of hydrazone groups is 1. The normalized spacial score (nSPS) is 22.1. The van der Waals surface area contributed by atoms with E-state index in [-0.39, 0.29) is 10.3 Å². The molecule has 180 valence electrons. The Kier molecular flexibility index (Phi) is 8.44. The van der Waals surface area contributed by atoms with Crippen LogP contribution in [-0.4, -0.2) is 49.9 Å². The van der Waals surface area contributed by atoms with Crippen LogP contribution in [0.5, 0.6) is 0 Å². The highest BCUT2D eigenvalue weighted by Crippen LogP contribution is 2.41. The van der Waals surface area contributed by atoms with Crippen LogP contribution in [0.2, 0.25) is 0 Å². The van der Waals surface area contributed by atoms with E-state index in [2.05, 4.69) is 48.8 Å². The zero-order chi connectivity index (χ0) is 24.1. The number of ether oxygens (including phenoxy) is 1. The molecule has 2 N–H and O–H groups in total. The van der Waals surface area contributed by atoms with Gasteiger partial charge in [-0.05, 0) is 74.7 Å². The average Bonchev–Trinajstić information content (AvgIpc) is 2.78. The summed E-state index contributed by atoms with van der Waals surface area (Å²) in [5, 5.41) is 7.70. The van der Waals surface area contributed by atoms with E-state index in [4.69, 9.17) is 17.0 Å². The Morgan fingerprint density at radius 1 is 1.24 bits per heavy atom. The van der Waals surface area contributed by atoms with Gasteiger partial charge in [0.25, 0.3) is 0 Å². The number of nitrogens with zero attached hydrogens (tertiary/aromatic N) is 2. The van der Waals surface area contributed by atoms with Crippen molar-refractivity contribution in [1.82, 2.24) is 9.73 Å². The maximum atomic E-state index is 12.7. The van der Waals surface area contributed by atoms with E-state index in [9.17, 15) is 8.42 Å². The van der Waals surface area contributed by atoms with Crippen LogP contribution in [0.4, 0.5) is 5.69 Å². The second-order valence-corrected chi connectivity index (χ2v) is 11.5. The van der Waals surface area contributed by atoms with Gasteiger partial charge in [-0.25, -0.2) is 8.42 Å². The topological polar surface area (TPSA) is 83.0 Å². The van der Waals surface area contributed by atoms with E-state index in [1.807, 2.05) is 13.0 Å². The molecular formula is C24H34N4O3S2. The van der Waals surface area contributed by atoms with Crippen molar-refractivity contribution in [1.29, 1.82) is 0 Å². The molecule has 1 fully saturated rings. The summed E-state index contributed by atoms with van der Waals surface area (Å²) in [5.41, 5.74) is 5.99. The van der Waals surface area contributed by atoms with Crippen LogP contribution in [0.1, 0.15) is 40.5 Å². The van der Waals surface area contributed by atoms with Crippen molar-refractivity contribution in [3.05, 3.63) is 48.1 Å². The van der Waals surface area contributed by atoms with Gasteiger partial charge >= 0.3 is 0 Å². The Morgan fingerprint density at radius 2 is 1.91 bits per heavy atom. The summed E-state index contributed by atoms with van der Waals surface area (Å²) in [5.74, 6) is 0.397. The summed E-state index contributed by atoms with van der Waals surface area (Å²) < 4.78 is 32.1. The van der Waals surface area contributed by atoms with Gasteiger partial charge in [-0.2, -0.15) is 9.41 Å². The van der Waals surface area contributed by atoms with E-state index < -0.39 is 10.0 Å². The van der Waals surface area contributed by atoms with Gasteiger partial charge in [0.2, 0.25) is 10.0 Å². The molecule has 9 heteroatoms. The summed E-state index contributed by atoms with van der Waals surface area (Å²) in [6.07, 6.45) is 8.87. The minimum Gasteiger partial charge on any atom is -0.379 e. The third kappa shape index (κ3) is 6.72. The Labute approximate surface area is 203 Å². The number of benzene rings is 1. The molecule has 33 heavy (non-hydrogen) atoms. The van der Waals surface area contributed by atoms with Crippen LogP contribution in [0.15, 0.2) is 58.1 Å². The van der Waals surface area contributed by atoms with Crippen molar-refractivity contribution in [3.63, 3.8) is 0 Å². The summed E-state index contributed by atoms with van der Waals surface area (Å²) >= 11 is 5.32. The molecule has 0 amide bonds. The molecular weight excluding hydrogens is 456 g/mol. The number of anilines is 1. The Balaban J connectivity index is 1.55. The monoisotopic (exact) mass is 490 g/mol. The van der Waals surface area contributed by atoms with Crippen molar-refractivity contribution in [2.75, 3.05) is 31.6 Å². The van der Waals surface area contributed by atoms with Crippen molar-refractivity contribution in [3.8, 4) is 0 Å². The van der Waals surface area contributed by atoms with Gasteiger partial charge < -0.3 is 10.1 Å². The maximum Gasteiger partial charge on any atom is 0.243 e. The molecule has 1 aliphatic carbocycles. The quantitative estimate of drug-likeness (QED) is 0.268. The number of hydrogen-bond acceptors (Lipinski definition) is 5. The van der Waals surface area contributed by atoms with Gasteiger partial charge in [0, 0.05) is 24.7 Å². The lowest BCUT2D eigenvalue weighted by Gasteiger charge is -2.36. The summed E-state index contributed by atoms with van der Waals surface area (Å²) in [4.78, 5) is 0.253. The smallest absolute Gasteiger partial charge is 0.243 e. The fourth-order valence-electron chi connectivity index (χ4n) is 4.20. The number of nitrogens with one attached hydrogen (secondary N) is 2. The number of morpholine rings is 1. The SMILES string of the molecule is CC1=CCCC(C)(C)C1/C=C/C(C)=N\NC(=S)Nc1ccc(S(=O)(=O)N2CCOCC2)cc1. The molecule has 0 bridgehead atoms. The molecule has 0 aromatic heterocycles. The molecule has 1 unspecified atom stereocenters. The third-order valence-electron chi connectivity index (χ3n) is 6.17. The Hall–Kier alpha value is -2.07. The summed E-state index contributed by atoms with van der Waals surface area (Å²) in [7, 11) is -3.51. The van der Waals surface area contributed by atoms with Crippen LogP contribution in [0, 0.1) is 11.3 Å².